The second-order valence-electron chi connectivity index (χ2n) is 7.33. The summed E-state index contributed by atoms with van der Waals surface area (Å²) < 4.78 is 14.8. The van der Waals surface area contributed by atoms with Crippen molar-refractivity contribution in [3.05, 3.63) is 54.1 Å². The Morgan fingerprint density at radius 1 is 1.22 bits per heavy atom. The maximum atomic E-state index is 13.0. The third kappa shape index (κ3) is 3.63. The molecule has 0 radical (unpaired) electrons. The van der Waals surface area contributed by atoms with Gasteiger partial charge in [-0.1, -0.05) is 12.1 Å². The molecule has 6 nitrogen and oxygen atoms in total. The monoisotopic (exact) mass is 367 g/mol. The topological polar surface area (TPSA) is 71.8 Å². The van der Waals surface area contributed by atoms with Crippen molar-refractivity contribution in [2.24, 2.45) is 0 Å². The third-order valence-corrected chi connectivity index (χ3v) is 5.00. The molecule has 0 atom stereocenters. The molecule has 7 heteroatoms. The maximum absolute atomic E-state index is 13.0. The number of carbonyl (C=O) groups excluding carboxylic acids is 1. The quantitative estimate of drug-likeness (QED) is 0.725. The number of aromatic nitrogens is 3. The lowest BCUT2D eigenvalue weighted by Gasteiger charge is -2.36. The summed E-state index contributed by atoms with van der Waals surface area (Å²) in [6, 6.07) is 8.57. The molecule has 0 spiro atoms. The first-order chi connectivity index (χ1) is 13.0. The van der Waals surface area contributed by atoms with Crippen LogP contribution >= 0.6 is 0 Å². The highest BCUT2D eigenvalue weighted by Gasteiger charge is 2.31. The first kappa shape index (κ1) is 17.5. The molecule has 1 fully saturated rings. The molecule has 2 N–H and O–H groups in total. The van der Waals surface area contributed by atoms with E-state index in [4.69, 9.17) is 0 Å². The predicted molar refractivity (Wildman–Crippen MR) is 102 cm³/mol. The summed E-state index contributed by atoms with van der Waals surface area (Å²) in [5, 5.41) is 11.0. The average molecular weight is 367 g/mol. The lowest BCUT2D eigenvalue weighted by atomic mass is 9.76. The van der Waals surface area contributed by atoms with Crippen LogP contribution in [0.5, 0.6) is 0 Å². The number of carbonyl (C=O) groups is 1. The number of fused-ring (bicyclic) bond motifs is 1. The Kier molecular flexibility index (Phi) is 4.51. The van der Waals surface area contributed by atoms with Gasteiger partial charge in [0.15, 0.2) is 5.65 Å². The third-order valence-electron chi connectivity index (χ3n) is 5.00. The number of halogens is 1. The highest BCUT2D eigenvalue weighted by Crippen LogP contribution is 2.36. The zero-order valence-corrected chi connectivity index (χ0v) is 15.3. The van der Waals surface area contributed by atoms with Crippen molar-refractivity contribution in [3.63, 3.8) is 0 Å². The fraction of sp³-hybridized carbons (Fsp3) is 0.350. The molecule has 1 aliphatic carbocycles. The van der Waals surface area contributed by atoms with E-state index in [9.17, 15) is 9.18 Å². The highest BCUT2D eigenvalue weighted by atomic mass is 19.1. The SMILES string of the molecule is CC(C)n1ncc2cc(NC(=O)NC3CC(c4ccc(F)cc4)C3)cnc21. The Bertz CT molecular complexity index is 960. The van der Waals surface area contributed by atoms with E-state index < -0.39 is 0 Å². The fourth-order valence-corrected chi connectivity index (χ4v) is 3.48. The summed E-state index contributed by atoms with van der Waals surface area (Å²) in [5.74, 6) is 0.146. The Morgan fingerprint density at radius 2 is 1.96 bits per heavy atom. The van der Waals surface area contributed by atoms with Crippen LogP contribution < -0.4 is 10.6 Å². The number of anilines is 1. The number of urea groups is 1. The molecule has 140 valence electrons. The summed E-state index contributed by atoms with van der Waals surface area (Å²) in [5.41, 5.74) is 2.56. The summed E-state index contributed by atoms with van der Waals surface area (Å²) in [6.07, 6.45) is 5.12. The van der Waals surface area contributed by atoms with Gasteiger partial charge in [0.05, 0.1) is 18.1 Å². The van der Waals surface area contributed by atoms with Crippen LogP contribution in [0.1, 0.15) is 44.2 Å². The Hall–Kier alpha value is -2.96. The van der Waals surface area contributed by atoms with Crippen molar-refractivity contribution in [1.29, 1.82) is 0 Å². The second kappa shape index (κ2) is 6.98. The van der Waals surface area contributed by atoms with Gasteiger partial charge in [-0.15, -0.1) is 0 Å². The molecule has 3 aromatic rings. The van der Waals surface area contributed by atoms with E-state index >= 15 is 0 Å². The molecule has 4 rings (SSSR count). The average Bonchev–Trinajstić information content (AvgIpc) is 3.02. The summed E-state index contributed by atoms with van der Waals surface area (Å²) in [7, 11) is 0. The normalized spacial score (nSPS) is 19.1. The minimum absolute atomic E-state index is 0.125. The van der Waals surface area contributed by atoms with E-state index in [0.717, 1.165) is 29.4 Å². The molecule has 0 aliphatic heterocycles. The number of nitrogens with one attached hydrogen (secondary N) is 2. The van der Waals surface area contributed by atoms with Gasteiger partial charge < -0.3 is 10.6 Å². The van der Waals surface area contributed by atoms with Crippen LogP contribution in [0, 0.1) is 5.82 Å². The Balaban J connectivity index is 1.32. The van der Waals surface area contributed by atoms with Crippen molar-refractivity contribution < 1.29 is 9.18 Å². The predicted octanol–water partition coefficient (Wildman–Crippen LogP) is 4.22. The van der Waals surface area contributed by atoms with Crippen LogP contribution in [0.25, 0.3) is 11.0 Å². The van der Waals surface area contributed by atoms with Crippen LogP contribution in [0.15, 0.2) is 42.7 Å². The molecule has 0 unspecified atom stereocenters. The Labute approximate surface area is 156 Å². The van der Waals surface area contributed by atoms with Crippen LogP contribution in [0.4, 0.5) is 14.9 Å². The van der Waals surface area contributed by atoms with Gasteiger partial charge in [-0.05, 0) is 56.4 Å². The highest BCUT2D eigenvalue weighted by molar-refractivity contribution is 5.91. The van der Waals surface area contributed by atoms with Gasteiger partial charge in [-0.2, -0.15) is 5.10 Å². The molecule has 0 saturated heterocycles. The first-order valence-corrected chi connectivity index (χ1v) is 9.16. The zero-order valence-electron chi connectivity index (χ0n) is 15.3. The minimum atomic E-state index is -0.241. The number of hydrogen-bond donors (Lipinski definition) is 2. The van der Waals surface area contributed by atoms with Gasteiger partial charge in [-0.25, -0.2) is 18.9 Å². The van der Waals surface area contributed by atoms with Crippen molar-refractivity contribution in [3.8, 4) is 0 Å². The largest absolute Gasteiger partial charge is 0.335 e. The summed E-state index contributed by atoms with van der Waals surface area (Å²) in [6.45, 7) is 4.09. The molecule has 1 aliphatic rings. The number of amides is 2. The van der Waals surface area contributed by atoms with Crippen molar-refractivity contribution in [2.45, 2.75) is 44.7 Å². The van der Waals surface area contributed by atoms with Crippen LogP contribution in [0.3, 0.4) is 0 Å². The lowest BCUT2D eigenvalue weighted by molar-refractivity contribution is 0.233. The van der Waals surface area contributed by atoms with Gasteiger partial charge in [0.2, 0.25) is 0 Å². The smallest absolute Gasteiger partial charge is 0.319 e. The van der Waals surface area contributed by atoms with Crippen molar-refractivity contribution in [2.75, 3.05) is 5.32 Å². The summed E-state index contributed by atoms with van der Waals surface area (Å²) in [4.78, 5) is 16.6. The molecule has 0 bridgehead atoms. The second-order valence-corrected chi connectivity index (χ2v) is 7.33. The van der Waals surface area contributed by atoms with Crippen molar-refractivity contribution >= 4 is 22.8 Å². The van der Waals surface area contributed by atoms with E-state index in [0.29, 0.717) is 11.6 Å². The number of benzene rings is 1. The lowest BCUT2D eigenvalue weighted by Crippen LogP contribution is -2.45. The van der Waals surface area contributed by atoms with E-state index in [2.05, 4.69) is 20.7 Å². The molecular weight excluding hydrogens is 345 g/mol. The van der Waals surface area contributed by atoms with Crippen LogP contribution in [-0.2, 0) is 0 Å². The molecular formula is C20H22FN5O. The summed E-state index contributed by atoms with van der Waals surface area (Å²) >= 11 is 0. The Morgan fingerprint density at radius 3 is 2.67 bits per heavy atom. The van der Waals surface area contributed by atoms with Gasteiger partial charge in [0.25, 0.3) is 0 Å². The van der Waals surface area contributed by atoms with E-state index in [1.165, 1.54) is 12.1 Å². The zero-order chi connectivity index (χ0) is 19.0. The maximum Gasteiger partial charge on any atom is 0.319 e. The number of nitrogens with zero attached hydrogens (tertiary/aromatic N) is 3. The van der Waals surface area contributed by atoms with Gasteiger partial charge in [0, 0.05) is 17.5 Å². The van der Waals surface area contributed by atoms with Crippen molar-refractivity contribution in [1.82, 2.24) is 20.1 Å². The molecule has 1 saturated carbocycles. The first-order valence-electron chi connectivity index (χ1n) is 9.16. The van der Waals surface area contributed by atoms with E-state index in [1.807, 2.05) is 36.7 Å². The van der Waals surface area contributed by atoms with Gasteiger partial charge in [-0.3, -0.25) is 0 Å². The van der Waals surface area contributed by atoms with Gasteiger partial charge in [0.1, 0.15) is 5.82 Å². The van der Waals surface area contributed by atoms with Crippen LogP contribution in [0.2, 0.25) is 0 Å². The number of rotatable bonds is 4. The molecule has 27 heavy (non-hydrogen) atoms. The molecule has 2 amide bonds. The van der Waals surface area contributed by atoms with Gasteiger partial charge >= 0.3 is 6.03 Å². The van der Waals surface area contributed by atoms with Crippen LogP contribution in [-0.4, -0.2) is 26.8 Å². The standard InChI is InChI=1S/C20H22FN5O/c1-12(2)26-19-15(10-23-26)9-18(11-22-19)25-20(27)24-17-7-14(8-17)13-3-5-16(21)6-4-13/h3-6,9-12,14,17H,7-8H2,1-2H3,(H2,24,25,27). The number of pyridine rings is 1. The fourth-order valence-electron chi connectivity index (χ4n) is 3.48. The molecule has 2 aromatic heterocycles. The van der Waals surface area contributed by atoms with E-state index in [-0.39, 0.29) is 23.9 Å². The number of hydrogen-bond acceptors (Lipinski definition) is 3. The molecule has 1 aromatic carbocycles. The van der Waals surface area contributed by atoms with E-state index in [1.54, 1.807) is 12.4 Å². The minimum Gasteiger partial charge on any atom is -0.335 e. The molecule has 2 heterocycles.